The molecule has 4 aromatic rings. The van der Waals surface area contributed by atoms with Gasteiger partial charge in [0, 0.05) is 48.9 Å². The summed E-state index contributed by atoms with van der Waals surface area (Å²) >= 11 is 0. The zero-order chi connectivity index (χ0) is 24.5. The minimum Gasteiger partial charge on any atom is -0.334 e. The maximum atomic E-state index is 13.1. The van der Waals surface area contributed by atoms with Crippen LogP contribution in [0, 0.1) is 18.3 Å². The van der Waals surface area contributed by atoms with Crippen LogP contribution in [0.1, 0.15) is 28.7 Å². The van der Waals surface area contributed by atoms with Crippen molar-refractivity contribution in [3.63, 3.8) is 0 Å². The van der Waals surface area contributed by atoms with E-state index in [1.54, 1.807) is 23.4 Å². The first kappa shape index (κ1) is 23.7. The van der Waals surface area contributed by atoms with Gasteiger partial charge in [-0.15, -0.1) is 0 Å². The average molecular weight is 462 g/mol. The molecule has 4 rings (SSSR count). The highest BCUT2D eigenvalue weighted by atomic mass is 16.2. The van der Waals surface area contributed by atoms with Crippen molar-refractivity contribution in [2.45, 2.75) is 26.4 Å². The van der Waals surface area contributed by atoms with Crippen LogP contribution in [-0.4, -0.2) is 32.1 Å². The molecule has 0 saturated heterocycles. The van der Waals surface area contributed by atoms with Crippen molar-refractivity contribution in [2.24, 2.45) is 0 Å². The van der Waals surface area contributed by atoms with Crippen molar-refractivity contribution >= 4 is 12.0 Å². The number of hydrogen-bond donors (Lipinski definition) is 0. The third-order valence-corrected chi connectivity index (χ3v) is 5.61. The van der Waals surface area contributed by atoms with E-state index in [-0.39, 0.29) is 12.3 Å². The van der Waals surface area contributed by atoms with Crippen molar-refractivity contribution in [3.8, 4) is 17.3 Å². The molecule has 0 N–H and O–H groups in total. The highest BCUT2D eigenvalue weighted by molar-refractivity contribution is 5.92. The summed E-state index contributed by atoms with van der Waals surface area (Å²) in [5, 5.41) is 13.9. The number of amides is 1. The van der Waals surface area contributed by atoms with Gasteiger partial charge in [0.2, 0.25) is 5.91 Å². The van der Waals surface area contributed by atoms with E-state index >= 15 is 0 Å². The van der Waals surface area contributed by atoms with Crippen LogP contribution in [0.15, 0.2) is 91.4 Å². The van der Waals surface area contributed by atoms with Crippen LogP contribution >= 0.6 is 0 Å². The minimum absolute atomic E-state index is 0.158. The van der Waals surface area contributed by atoms with Gasteiger partial charge in [0.25, 0.3) is 0 Å². The van der Waals surface area contributed by atoms with Gasteiger partial charge in [-0.2, -0.15) is 10.4 Å². The second kappa shape index (κ2) is 11.6. The third-order valence-electron chi connectivity index (χ3n) is 5.61. The number of benzene rings is 2. The van der Waals surface area contributed by atoms with Crippen LogP contribution in [0.3, 0.4) is 0 Å². The summed E-state index contributed by atoms with van der Waals surface area (Å²) < 4.78 is 1.90. The Morgan fingerprint density at radius 1 is 1.06 bits per heavy atom. The zero-order valence-electron chi connectivity index (χ0n) is 19.7. The van der Waals surface area contributed by atoms with Crippen LogP contribution < -0.4 is 0 Å². The Bertz CT molecular complexity index is 1320. The molecule has 0 fully saturated rings. The second-order valence-corrected chi connectivity index (χ2v) is 8.34. The molecule has 0 aliphatic rings. The normalized spacial score (nSPS) is 10.9. The standard InChI is InChI=1S/C29H27N5O/c1-23-10-12-26(13-11-23)29-27(22-34(32-29)21-24-7-3-2-4-8-24)14-15-28(35)33(18-6-16-30)20-25-9-5-17-31-19-25/h2-5,7-15,17,19,22H,6,18,20-21H2,1H3. The molecule has 0 aliphatic carbocycles. The van der Waals surface area contributed by atoms with Crippen molar-refractivity contribution in [1.29, 1.82) is 5.26 Å². The molecule has 174 valence electrons. The number of hydrogen-bond acceptors (Lipinski definition) is 4. The summed E-state index contributed by atoms with van der Waals surface area (Å²) in [7, 11) is 0. The van der Waals surface area contributed by atoms with Gasteiger partial charge < -0.3 is 4.90 Å². The molecule has 0 aliphatic heterocycles. The van der Waals surface area contributed by atoms with Crippen LogP contribution in [0.4, 0.5) is 0 Å². The quantitative estimate of drug-likeness (QED) is 0.319. The number of carbonyl (C=O) groups is 1. The molecule has 0 spiro atoms. The maximum Gasteiger partial charge on any atom is 0.246 e. The topological polar surface area (TPSA) is 74.8 Å². The molecule has 0 atom stereocenters. The van der Waals surface area contributed by atoms with Gasteiger partial charge in [0.15, 0.2) is 0 Å². The molecule has 35 heavy (non-hydrogen) atoms. The van der Waals surface area contributed by atoms with Crippen molar-refractivity contribution < 1.29 is 4.79 Å². The molecule has 6 heteroatoms. The smallest absolute Gasteiger partial charge is 0.246 e. The lowest BCUT2D eigenvalue weighted by Crippen LogP contribution is -2.29. The van der Waals surface area contributed by atoms with Crippen molar-refractivity contribution in [1.82, 2.24) is 19.7 Å². The molecule has 0 bridgehead atoms. The minimum atomic E-state index is -0.158. The van der Waals surface area contributed by atoms with Crippen LogP contribution in [0.25, 0.3) is 17.3 Å². The Kier molecular flexibility index (Phi) is 7.82. The third kappa shape index (κ3) is 6.52. The Morgan fingerprint density at radius 2 is 1.83 bits per heavy atom. The lowest BCUT2D eigenvalue weighted by atomic mass is 10.1. The van der Waals surface area contributed by atoms with E-state index in [1.165, 1.54) is 5.56 Å². The summed E-state index contributed by atoms with van der Waals surface area (Å²) in [6.45, 7) is 3.44. The number of aryl methyl sites for hydroxylation is 1. The second-order valence-electron chi connectivity index (χ2n) is 8.34. The lowest BCUT2D eigenvalue weighted by molar-refractivity contribution is -0.126. The molecule has 0 unspecified atom stereocenters. The summed E-state index contributed by atoms with van der Waals surface area (Å²) in [4.78, 5) is 18.9. The number of aromatic nitrogens is 3. The van der Waals surface area contributed by atoms with E-state index in [0.29, 0.717) is 19.6 Å². The SMILES string of the molecule is Cc1ccc(-c2nn(Cc3ccccc3)cc2C=CC(=O)N(CCC#N)Cc2cccnc2)cc1. The predicted octanol–water partition coefficient (Wildman–Crippen LogP) is 5.26. The fourth-order valence-corrected chi connectivity index (χ4v) is 3.78. The van der Waals surface area contributed by atoms with E-state index in [2.05, 4.69) is 42.2 Å². The Balaban J connectivity index is 1.60. The fourth-order valence-electron chi connectivity index (χ4n) is 3.78. The number of nitriles is 1. The molecule has 2 aromatic carbocycles. The summed E-state index contributed by atoms with van der Waals surface area (Å²) in [5.74, 6) is -0.158. The molecule has 0 radical (unpaired) electrons. The summed E-state index contributed by atoms with van der Waals surface area (Å²) in [6, 6.07) is 24.2. The number of pyridine rings is 1. The number of carbonyl (C=O) groups excluding carboxylic acids is 1. The van der Waals surface area contributed by atoms with Gasteiger partial charge >= 0.3 is 0 Å². The van der Waals surface area contributed by atoms with E-state index in [0.717, 1.165) is 27.9 Å². The van der Waals surface area contributed by atoms with Crippen molar-refractivity contribution in [2.75, 3.05) is 6.54 Å². The summed E-state index contributed by atoms with van der Waals surface area (Å²) in [5.41, 5.74) is 5.92. The van der Waals surface area contributed by atoms with Gasteiger partial charge in [-0.1, -0.05) is 66.2 Å². The van der Waals surface area contributed by atoms with E-state index < -0.39 is 0 Å². The molecule has 6 nitrogen and oxygen atoms in total. The first-order chi connectivity index (χ1) is 17.1. The van der Waals surface area contributed by atoms with Crippen LogP contribution in [0.5, 0.6) is 0 Å². The first-order valence-electron chi connectivity index (χ1n) is 11.5. The molecular weight excluding hydrogens is 434 g/mol. The van der Waals surface area contributed by atoms with Gasteiger partial charge in [0.1, 0.15) is 0 Å². The fraction of sp³-hybridized carbons (Fsp3) is 0.172. The van der Waals surface area contributed by atoms with E-state index in [9.17, 15) is 4.79 Å². The summed E-state index contributed by atoms with van der Waals surface area (Å²) in [6.07, 6.45) is 9.05. The van der Waals surface area contributed by atoms with E-state index in [1.807, 2.05) is 59.4 Å². The number of rotatable bonds is 9. The molecule has 2 aromatic heterocycles. The average Bonchev–Trinajstić information content (AvgIpc) is 3.29. The Labute approximate surface area is 205 Å². The van der Waals surface area contributed by atoms with Crippen LogP contribution in [0.2, 0.25) is 0 Å². The highest BCUT2D eigenvalue weighted by Crippen LogP contribution is 2.24. The molecular formula is C29H27N5O. The van der Waals surface area contributed by atoms with Gasteiger partial charge in [-0.05, 0) is 30.2 Å². The monoisotopic (exact) mass is 461 g/mol. The Hall–Kier alpha value is -4.50. The molecule has 1 amide bonds. The van der Waals surface area contributed by atoms with Gasteiger partial charge in [-0.3, -0.25) is 14.5 Å². The largest absolute Gasteiger partial charge is 0.334 e. The van der Waals surface area contributed by atoms with Crippen molar-refractivity contribution in [3.05, 3.63) is 114 Å². The number of nitrogens with zero attached hydrogens (tertiary/aromatic N) is 5. The lowest BCUT2D eigenvalue weighted by Gasteiger charge is -2.19. The van der Waals surface area contributed by atoms with E-state index in [4.69, 9.17) is 10.4 Å². The first-order valence-corrected chi connectivity index (χ1v) is 11.5. The van der Waals surface area contributed by atoms with Gasteiger partial charge in [0.05, 0.1) is 24.7 Å². The van der Waals surface area contributed by atoms with Gasteiger partial charge in [-0.25, -0.2) is 0 Å². The zero-order valence-corrected chi connectivity index (χ0v) is 19.7. The molecule has 2 heterocycles. The maximum absolute atomic E-state index is 13.1. The highest BCUT2D eigenvalue weighted by Gasteiger charge is 2.14. The predicted molar refractivity (Wildman–Crippen MR) is 137 cm³/mol. The molecule has 0 saturated carbocycles. The Morgan fingerprint density at radius 3 is 2.54 bits per heavy atom. The van der Waals surface area contributed by atoms with Crippen LogP contribution in [-0.2, 0) is 17.9 Å².